The van der Waals surface area contributed by atoms with Crippen LogP contribution in [0.15, 0.2) is 46.7 Å². The van der Waals surface area contributed by atoms with Gasteiger partial charge in [0.1, 0.15) is 5.01 Å². The second-order valence-corrected chi connectivity index (χ2v) is 9.37. The number of sulfonamides is 1. The first-order valence-corrected chi connectivity index (χ1v) is 12.0. The summed E-state index contributed by atoms with van der Waals surface area (Å²) in [5.41, 5.74) is 3.96. The first kappa shape index (κ1) is 20.6. The maximum absolute atomic E-state index is 11.6. The van der Waals surface area contributed by atoms with Crippen LogP contribution >= 0.6 is 11.3 Å². The predicted molar refractivity (Wildman–Crippen MR) is 118 cm³/mol. The molecule has 0 spiro atoms. The number of fused-ring (bicyclic) bond motifs is 1. The number of hydrogen-bond acceptors (Lipinski definition) is 7. The van der Waals surface area contributed by atoms with Crippen molar-refractivity contribution in [3.63, 3.8) is 0 Å². The summed E-state index contributed by atoms with van der Waals surface area (Å²) in [4.78, 5) is 7.15. The van der Waals surface area contributed by atoms with E-state index in [0.29, 0.717) is 24.7 Å². The molecule has 0 amide bonds. The second-order valence-electron chi connectivity index (χ2n) is 6.95. The summed E-state index contributed by atoms with van der Waals surface area (Å²) in [6.07, 6.45) is 0.784. The van der Waals surface area contributed by atoms with Gasteiger partial charge in [0, 0.05) is 23.2 Å². The predicted octanol–water partition coefficient (Wildman–Crippen LogP) is 3.43. The third-order valence-corrected chi connectivity index (χ3v) is 6.84. The molecule has 30 heavy (non-hydrogen) atoms. The number of anilines is 1. The molecule has 0 fully saturated rings. The quantitative estimate of drug-likeness (QED) is 0.599. The fourth-order valence-corrected chi connectivity index (χ4v) is 4.94. The van der Waals surface area contributed by atoms with Crippen LogP contribution in [0.4, 0.5) is 5.69 Å². The Balaban J connectivity index is 1.53. The van der Waals surface area contributed by atoms with E-state index in [9.17, 15) is 8.42 Å². The number of aromatic nitrogens is 1. The number of nitrogens with two attached hydrogens (primary N) is 1. The molecule has 1 aromatic heterocycles. The molecule has 0 saturated heterocycles. The number of ether oxygens (including phenoxy) is 2. The van der Waals surface area contributed by atoms with E-state index in [2.05, 4.69) is 10.3 Å². The Hall–Kier alpha value is -2.62. The van der Waals surface area contributed by atoms with E-state index in [0.717, 1.165) is 40.5 Å². The topological polar surface area (TPSA) is 94.7 Å². The number of thiazole rings is 1. The molecular weight excluding hydrogens is 422 g/mol. The normalized spacial score (nSPS) is 13.4. The van der Waals surface area contributed by atoms with Gasteiger partial charge in [0.05, 0.1) is 30.9 Å². The summed E-state index contributed by atoms with van der Waals surface area (Å²) in [5, 5.41) is 8.21. The number of benzene rings is 2. The van der Waals surface area contributed by atoms with Crippen molar-refractivity contribution in [3.05, 3.63) is 53.0 Å². The highest BCUT2D eigenvalue weighted by Gasteiger charge is 2.22. The molecule has 0 bridgehead atoms. The zero-order valence-corrected chi connectivity index (χ0v) is 18.4. The van der Waals surface area contributed by atoms with Gasteiger partial charge in [0.2, 0.25) is 10.0 Å². The molecule has 9 heteroatoms. The van der Waals surface area contributed by atoms with Gasteiger partial charge in [-0.1, -0.05) is 0 Å². The Morgan fingerprint density at radius 2 is 2.03 bits per heavy atom. The largest absolute Gasteiger partial charge is 0.493 e. The van der Waals surface area contributed by atoms with Crippen LogP contribution < -0.4 is 19.5 Å². The highest BCUT2D eigenvalue weighted by molar-refractivity contribution is 7.89. The number of primary sulfonamides is 1. The SMILES string of the molecule is CCOc1ccc(-c2nc(CN3CCc4cc(S(N)(=O)=O)ccc43)cs2)cc1OC. The molecule has 0 radical (unpaired) electrons. The minimum atomic E-state index is -3.69. The molecule has 0 unspecified atom stereocenters. The summed E-state index contributed by atoms with van der Waals surface area (Å²) in [7, 11) is -2.06. The van der Waals surface area contributed by atoms with Gasteiger partial charge in [-0.3, -0.25) is 0 Å². The monoisotopic (exact) mass is 445 g/mol. The van der Waals surface area contributed by atoms with Crippen LogP contribution in [0.25, 0.3) is 10.6 Å². The summed E-state index contributed by atoms with van der Waals surface area (Å²) < 4.78 is 34.2. The lowest BCUT2D eigenvalue weighted by atomic mass is 10.2. The number of methoxy groups -OCH3 is 1. The highest BCUT2D eigenvalue weighted by atomic mass is 32.2. The van der Waals surface area contributed by atoms with E-state index >= 15 is 0 Å². The van der Waals surface area contributed by atoms with Gasteiger partial charge in [-0.15, -0.1) is 11.3 Å². The van der Waals surface area contributed by atoms with E-state index in [1.165, 1.54) is 0 Å². The van der Waals surface area contributed by atoms with Gasteiger partial charge < -0.3 is 14.4 Å². The first-order chi connectivity index (χ1) is 14.4. The van der Waals surface area contributed by atoms with E-state index in [-0.39, 0.29) is 4.90 Å². The van der Waals surface area contributed by atoms with Crippen molar-refractivity contribution < 1.29 is 17.9 Å². The fourth-order valence-electron chi connectivity index (χ4n) is 3.57. The Kier molecular flexibility index (Phi) is 5.68. The minimum absolute atomic E-state index is 0.156. The molecule has 4 rings (SSSR count). The number of rotatable bonds is 7. The third kappa shape index (κ3) is 4.14. The minimum Gasteiger partial charge on any atom is -0.493 e. The van der Waals surface area contributed by atoms with Gasteiger partial charge >= 0.3 is 0 Å². The van der Waals surface area contributed by atoms with Crippen molar-refractivity contribution in [2.45, 2.75) is 24.8 Å². The lowest BCUT2D eigenvalue weighted by Gasteiger charge is -2.18. The van der Waals surface area contributed by atoms with Crippen LogP contribution in [-0.4, -0.2) is 33.7 Å². The maximum Gasteiger partial charge on any atom is 0.238 e. The molecule has 2 aromatic carbocycles. The first-order valence-electron chi connectivity index (χ1n) is 9.55. The molecule has 1 aliphatic heterocycles. The summed E-state index contributed by atoms with van der Waals surface area (Å²) in [6, 6.07) is 10.9. The van der Waals surface area contributed by atoms with Crippen molar-refractivity contribution in [1.82, 2.24) is 4.98 Å². The molecule has 3 aromatic rings. The van der Waals surface area contributed by atoms with Crippen molar-refractivity contribution in [1.29, 1.82) is 0 Å². The smallest absolute Gasteiger partial charge is 0.238 e. The molecular formula is C21H23N3O4S2. The summed E-state index contributed by atoms with van der Waals surface area (Å²) >= 11 is 1.58. The Bertz CT molecular complexity index is 1170. The van der Waals surface area contributed by atoms with Gasteiger partial charge in [-0.25, -0.2) is 18.5 Å². The van der Waals surface area contributed by atoms with Crippen LogP contribution in [0.3, 0.4) is 0 Å². The van der Waals surface area contributed by atoms with Crippen molar-refractivity contribution in [2.24, 2.45) is 5.14 Å². The van der Waals surface area contributed by atoms with Gasteiger partial charge in [0.15, 0.2) is 11.5 Å². The second kappa shape index (κ2) is 8.25. The van der Waals surface area contributed by atoms with Crippen LogP contribution in [0.2, 0.25) is 0 Å². The van der Waals surface area contributed by atoms with E-state index in [4.69, 9.17) is 19.6 Å². The van der Waals surface area contributed by atoms with Crippen molar-refractivity contribution in [2.75, 3.05) is 25.2 Å². The van der Waals surface area contributed by atoms with Crippen molar-refractivity contribution >= 4 is 27.0 Å². The lowest BCUT2D eigenvalue weighted by molar-refractivity contribution is 0.311. The third-order valence-electron chi connectivity index (χ3n) is 4.99. The average molecular weight is 446 g/mol. The zero-order chi connectivity index (χ0) is 21.3. The van der Waals surface area contributed by atoms with Crippen LogP contribution in [0.5, 0.6) is 11.5 Å². The van der Waals surface area contributed by atoms with E-state index in [1.54, 1.807) is 30.6 Å². The van der Waals surface area contributed by atoms with Gasteiger partial charge in [-0.05, 0) is 55.3 Å². The van der Waals surface area contributed by atoms with Crippen molar-refractivity contribution in [3.8, 4) is 22.1 Å². The van der Waals surface area contributed by atoms with Gasteiger partial charge in [-0.2, -0.15) is 0 Å². The van der Waals surface area contributed by atoms with Gasteiger partial charge in [0.25, 0.3) is 0 Å². The van der Waals surface area contributed by atoms with Crippen LogP contribution in [-0.2, 0) is 23.0 Å². The summed E-state index contributed by atoms with van der Waals surface area (Å²) in [5.74, 6) is 1.40. The maximum atomic E-state index is 11.6. The van der Waals surface area contributed by atoms with Crippen LogP contribution in [0.1, 0.15) is 18.2 Å². The molecule has 0 saturated carbocycles. The van der Waals surface area contributed by atoms with E-state index < -0.39 is 10.0 Å². The molecule has 1 aliphatic rings. The highest BCUT2D eigenvalue weighted by Crippen LogP contribution is 2.35. The number of nitrogens with zero attached hydrogens (tertiary/aromatic N) is 2. The molecule has 0 atom stereocenters. The molecule has 7 nitrogen and oxygen atoms in total. The molecule has 2 heterocycles. The Labute approximate surface area is 180 Å². The standard InChI is InChI=1S/C21H23N3O4S2/c1-3-28-19-7-4-15(11-20(19)27-2)21-23-16(13-29-21)12-24-9-8-14-10-17(30(22,25)26)5-6-18(14)24/h4-7,10-11,13H,3,8-9,12H2,1-2H3,(H2,22,25,26). The summed E-state index contributed by atoms with van der Waals surface area (Å²) in [6.45, 7) is 3.99. The lowest BCUT2D eigenvalue weighted by Crippen LogP contribution is -2.19. The molecule has 158 valence electrons. The fraction of sp³-hybridized carbons (Fsp3) is 0.286. The molecule has 0 aliphatic carbocycles. The van der Waals surface area contributed by atoms with Crippen LogP contribution in [0, 0.1) is 0 Å². The average Bonchev–Trinajstić information content (AvgIpc) is 3.35. The van der Waals surface area contributed by atoms with E-state index in [1.807, 2.05) is 31.2 Å². The molecule has 2 N–H and O–H groups in total. The number of hydrogen-bond donors (Lipinski definition) is 1. The Morgan fingerprint density at radius 3 is 2.77 bits per heavy atom. The zero-order valence-electron chi connectivity index (χ0n) is 16.8. The Morgan fingerprint density at radius 1 is 1.20 bits per heavy atom.